The van der Waals surface area contributed by atoms with Gasteiger partial charge in [-0.05, 0) is 31.9 Å². The minimum absolute atomic E-state index is 0.181. The zero-order valence-electron chi connectivity index (χ0n) is 13.5. The summed E-state index contributed by atoms with van der Waals surface area (Å²) in [6.07, 6.45) is 1.43. The molecular weight excluding hydrogens is 250 g/mol. The molecule has 0 radical (unpaired) electrons. The average molecular weight is 277 g/mol. The largest absolute Gasteiger partial charge is 0.496 e. The van der Waals surface area contributed by atoms with E-state index in [0.29, 0.717) is 12.1 Å². The molecule has 1 aromatic rings. The Hall–Kier alpha value is -1.06. The highest BCUT2D eigenvalue weighted by atomic mass is 16.5. The van der Waals surface area contributed by atoms with Crippen LogP contribution in [0.1, 0.15) is 44.4 Å². The molecule has 3 unspecified atom stereocenters. The molecule has 0 spiro atoms. The monoisotopic (exact) mass is 277 g/mol. The van der Waals surface area contributed by atoms with Gasteiger partial charge >= 0.3 is 0 Å². The third kappa shape index (κ3) is 2.70. The van der Waals surface area contributed by atoms with Crippen molar-refractivity contribution in [2.75, 3.05) is 14.2 Å². The molecule has 0 heterocycles. The van der Waals surface area contributed by atoms with Crippen LogP contribution in [-0.4, -0.2) is 26.4 Å². The van der Waals surface area contributed by atoms with Gasteiger partial charge in [0.15, 0.2) is 0 Å². The highest BCUT2D eigenvalue weighted by molar-refractivity contribution is 5.39. The zero-order chi connectivity index (χ0) is 14.9. The summed E-state index contributed by atoms with van der Waals surface area (Å²) in [7, 11) is 3.54. The maximum absolute atomic E-state index is 5.51. The lowest BCUT2D eigenvalue weighted by Gasteiger charge is -2.52. The third-order valence-electron chi connectivity index (χ3n) is 4.77. The molecule has 2 rings (SSSR count). The summed E-state index contributed by atoms with van der Waals surface area (Å²) in [4.78, 5) is 0. The van der Waals surface area contributed by atoms with E-state index < -0.39 is 0 Å². The summed E-state index contributed by atoms with van der Waals surface area (Å²) in [5.41, 5.74) is 2.62. The molecule has 1 fully saturated rings. The second-order valence-electron chi connectivity index (χ2n) is 6.47. The first kappa shape index (κ1) is 15.3. The fraction of sp³-hybridized carbons (Fsp3) is 0.647. The molecular formula is C17H27NO2. The van der Waals surface area contributed by atoms with Crippen LogP contribution >= 0.6 is 0 Å². The van der Waals surface area contributed by atoms with Crippen molar-refractivity contribution < 1.29 is 9.47 Å². The van der Waals surface area contributed by atoms with Crippen molar-refractivity contribution in [1.82, 2.24) is 5.32 Å². The first-order valence-electron chi connectivity index (χ1n) is 7.33. The molecule has 1 aliphatic rings. The van der Waals surface area contributed by atoms with Crippen LogP contribution in [0.15, 0.2) is 18.2 Å². The molecule has 20 heavy (non-hydrogen) atoms. The molecule has 0 aliphatic heterocycles. The maximum atomic E-state index is 5.51. The van der Waals surface area contributed by atoms with E-state index in [1.54, 1.807) is 14.2 Å². The number of nitrogens with one attached hydrogen (secondary N) is 1. The van der Waals surface area contributed by atoms with Crippen molar-refractivity contribution in [3.63, 3.8) is 0 Å². The number of benzene rings is 1. The Morgan fingerprint density at radius 3 is 2.55 bits per heavy atom. The van der Waals surface area contributed by atoms with Crippen molar-refractivity contribution in [1.29, 1.82) is 0 Å². The van der Waals surface area contributed by atoms with Gasteiger partial charge in [0.1, 0.15) is 5.75 Å². The number of methoxy groups -OCH3 is 2. The second-order valence-corrected chi connectivity index (χ2v) is 6.47. The first-order valence-corrected chi connectivity index (χ1v) is 7.33. The van der Waals surface area contributed by atoms with Crippen molar-refractivity contribution in [2.45, 2.75) is 52.3 Å². The van der Waals surface area contributed by atoms with Crippen molar-refractivity contribution >= 4 is 0 Å². The van der Waals surface area contributed by atoms with E-state index >= 15 is 0 Å². The van der Waals surface area contributed by atoms with Crippen molar-refractivity contribution in [3.05, 3.63) is 29.3 Å². The lowest BCUT2D eigenvalue weighted by Crippen LogP contribution is -2.60. The summed E-state index contributed by atoms with van der Waals surface area (Å²) in [5, 5.41) is 3.72. The molecule has 112 valence electrons. The Balaban J connectivity index is 2.08. The van der Waals surface area contributed by atoms with Gasteiger partial charge in [-0.2, -0.15) is 0 Å². The van der Waals surface area contributed by atoms with Crippen LogP contribution in [0.3, 0.4) is 0 Å². The van der Waals surface area contributed by atoms with E-state index in [1.807, 2.05) is 0 Å². The zero-order valence-corrected chi connectivity index (χ0v) is 13.5. The minimum Gasteiger partial charge on any atom is -0.496 e. The van der Waals surface area contributed by atoms with Gasteiger partial charge in [-0.1, -0.05) is 26.0 Å². The van der Waals surface area contributed by atoms with E-state index in [4.69, 9.17) is 9.47 Å². The Kier molecular flexibility index (Phi) is 4.40. The molecule has 3 atom stereocenters. The SMILES string of the molecule is COc1cc(C)ccc1C(C)NC1CC(OC)C1(C)C. The molecule has 0 saturated heterocycles. The van der Waals surface area contributed by atoms with Gasteiger partial charge in [0.25, 0.3) is 0 Å². The standard InChI is InChI=1S/C17H27NO2/c1-11-7-8-13(14(9-11)19-5)12(2)18-15-10-16(20-6)17(15,3)4/h7-9,12,15-16,18H,10H2,1-6H3. The smallest absolute Gasteiger partial charge is 0.123 e. The number of hydrogen-bond acceptors (Lipinski definition) is 3. The van der Waals surface area contributed by atoms with Crippen LogP contribution < -0.4 is 10.1 Å². The van der Waals surface area contributed by atoms with Crippen LogP contribution in [0.2, 0.25) is 0 Å². The molecule has 3 nitrogen and oxygen atoms in total. The van der Waals surface area contributed by atoms with E-state index in [1.165, 1.54) is 11.1 Å². The van der Waals surface area contributed by atoms with Crippen LogP contribution in [-0.2, 0) is 4.74 Å². The lowest BCUT2D eigenvalue weighted by atomic mass is 9.64. The number of aryl methyl sites for hydroxylation is 1. The summed E-state index contributed by atoms with van der Waals surface area (Å²) < 4.78 is 11.0. The van der Waals surface area contributed by atoms with Gasteiger partial charge in [-0.15, -0.1) is 0 Å². The quantitative estimate of drug-likeness (QED) is 0.894. The predicted octanol–water partition coefficient (Wildman–Crippen LogP) is 3.47. The normalized spacial score (nSPS) is 25.9. The molecule has 1 aromatic carbocycles. The van der Waals surface area contributed by atoms with Gasteiger partial charge in [0, 0.05) is 30.2 Å². The molecule has 0 bridgehead atoms. The van der Waals surface area contributed by atoms with E-state index in [2.05, 4.69) is 51.2 Å². The summed E-state index contributed by atoms with van der Waals surface area (Å²) in [5.74, 6) is 0.963. The topological polar surface area (TPSA) is 30.5 Å². The molecule has 1 aliphatic carbocycles. The van der Waals surface area contributed by atoms with Gasteiger partial charge < -0.3 is 14.8 Å². The molecule has 1 N–H and O–H groups in total. The van der Waals surface area contributed by atoms with E-state index in [-0.39, 0.29) is 11.5 Å². The highest BCUT2D eigenvalue weighted by Gasteiger charge is 2.48. The van der Waals surface area contributed by atoms with Crippen LogP contribution in [0.4, 0.5) is 0 Å². The molecule has 1 saturated carbocycles. The van der Waals surface area contributed by atoms with E-state index in [0.717, 1.165) is 12.2 Å². The molecule has 3 heteroatoms. The van der Waals surface area contributed by atoms with Crippen molar-refractivity contribution in [2.24, 2.45) is 5.41 Å². The third-order valence-corrected chi connectivity index (χ3v) is 4.77. The Bertz CT molecular complexity index is 470. The minimum atomic E-state index is 0.181. The Morgan fingerprint density at radius 1 is 1.30 bits per heavy atom. The number of rotatable bonds is 5. The number of hydrogen-bond donors (Lipinski definition) is 1. The van der Waals surface area contributed by atoms with Gasteiger partial charge in [0.2, 0.25) is 0 Å². The summed E-state index contributed by atoms with van der Waals surface area (Å²) in [6.45, 7) is 8.81. The fourth-order valence-corrected chi connectivity index (χ4v) is 3.14. The van der Waals surface area contributed by atoms with E-state index in [9.17, 15) is 0 Å². The fourth-order valence-electron chi connectivity index (χ4n) is 3.14. The predicted molar refractivity (Wildman–Crippen MR) is 82.3 cm³/mol. The Morgan fingerprint density at radius 2 is 2.00 bits per heavy atom. The van der Waals surface area contributed by atoms with Crippen LogP contribution in [0.25, 0.3) is 0 Å². The van der Waals surface area contributed by atoms with Gasteiger partial charge in [-0.25, -0.2) is 0 Å². The number of ether oxygens (including phenoxy) is 2. The summed E-state index contributed by atoms with van der Waals surface area (Å²) in [6, 6.07) is 7.14. The first-order chi connectivity index (χ1) is 9.40. The Labute approximate surface area is 122 Å². The molecule has 0 amide bonds. The van der Waals surface area contributed by atoms with Gasteiger partial charge in [0.05, 0.1) is 13.2 Å². The molecule has 0 aromatic heterocycles. The highest BCUT2D eigenvalue weighted by Crippen LogP contribution is 2.43. The maximum Gasteiger partial charge on any atom is 0.123 e. The van der Waals surface area contributed by atoms with Crippen molar-refractivity contribution in [3.8, 4) is 5.75 Å². The van der Waals surface area contributed by atoms with Gasteiger partial charge in [-0.3, -0.25) is 0 Å². The van der Waals surface area contributed by atoms with Crippen LogP contribution in [0, 0.1) is 12.3 Å². The summed E-state index contributed by atoms with van der Waals surface area (Å²) >= 11 is 0. The van der Waals surface area contributed by atoms with Crippen LogP contribution in [0.5, 0.6) is 5.75 Å². The average Bonchev–Trinajstić information content (AvgIpc) is 2.42. The second kappa shape index (κ2) is 5.74. The lowest BCUT2D eigenvalue weighted by molar-refractivity contribution is -0.0999.